The third-order valence-electron chi connectivity index (χ3n) is 0.279. The summed E-state index contributed by atoms with van der Waals surface area (Å²) in [6, 6.07) is 0. The minimum Gasteiger partial charge on any atom is -0.362 e. The Bertz CT molecular complexity index is 89.8. The quantitative estimate of drug-likeness (QED) is 0.418. The fourth-order valence-corrected chi connectivity index (χ4v) is 0. The molecule has 50 valence electrons. The fourth-order valence-electron chi connectivity index (χ4n) is 0. The van der Waals surface area contributed by atoms with Crippen LogP contribution in [0.15, 0.2) is 0 Å². The van der Waals surface area contributed by atoms with Crippen molar-refractivity contribution in [2.45, 2.75) is 6.18 Å². The summed E-state index contributed by atoms with van der Waals surface area (Å²) in [6.07, 6.45) is -4.86. The number of nitrogens with two attached hydrogens (primary N) is 1. The summed E-state index contributed by atoms with van der Waals surface area (Å²) in [5, 5.41) is 0. The van der Waals surface area contributed by atoms with Crippen molar-refractivity contribution in [3.05, 3.63) is 0 Å². The van der Waals surface area contributed by atoms with Crippen molar-refractivity contribution in [1.29, 1.82) is 0 Å². The number of amides is 1. The molecule has 0 aliphatic heterocycles. The number of carbonyl (C=O) groups excluding carboxylic acids is 1. The van der Waals surface area contributed by atoms with Gasteiger partial charge in [0.1, 0.15) is 0 Å². The van der Waals surface area contributed by atoms with Gasteiger partial charge in [-0.3, -0.25) is 4.79 Å². The van der Waals surface area contributed by atoms with Crippen molar-refractivity contribution in [2.24, 2.45) is 5.73 Å². The Hall–Kier alpha value is -0.523. The summed E-state index contributed by atoms with van der Waals surface area (Å²) < 4.78 is 32.1. The van der Waals surface area contributed by atoms with E-state index >= 15 is 0 Å². The van der Waals surface area contributed by atoms with Crippen LogP contribution in [0.2, 0.25) is 0 Å². The summed E-state index contributed by atoms with van der Waals surface area (Å²) in [7, 11) is 0. The van der Waals surface area contributed by atoms with Gasteiger partial charge in [-0.25, -0.2) is 0 Å². The normalized spacial score (nSPS) is 9.88. The van der Waals surface area contributed by atoms with Crippen LogP contribution in [0.3, 0.4) is 0 Å². The Labute approximate surface area is 47.9 Å². The first-order valence-corrected chi connectivity index (χ1v) is 1.31. The van der Waals surface area contributed by atoms with Crippen molar-refractivity contribution in [3.8, 4) is 0 Å². The molecule has 0 saturated heterocycles. The number of primary amides is 1. The van der Waals surface area contributed by atoms with Gasteiger partial charge in [0.15, 0.2) is 0 Å². The van der Waals surface area contributed by atoms with Crippen LogP contribution >= 0.6 is 0 Å². The maximum absolute atomic E-state index is 10.7. The molecule has 0 unspecified atom stereocenters. The van der Waals surface area contributed by atoms with Gasteiger partial charge in [-0.1, -0.05) is 0 Å². The number of hydrogen-bond acceptors (Lipinski definition) is 1. The van der Waals surface area contributed by atoms with Gasteiger partial charge in [0, 0.05) is 0 Å². The maximum Gasteiger partial charge on any atom is 0.470 e. The first kappa shape index (κ1) is 10.5. The summed E-state index contributed by atoms with van der Waals surface area (Å²) in [4.78, 5) is 9.12. The van der Waals surface area contributed by atoms with Crippen molar-refractivity contribution < 1.29 is 18.0 Å². The molecule has 0 aliphatic carbocycles. The SMILES string of the molecule is NC(=O)C(F)(F)F.[SiH4]. The van der Waals surface area contributed by atoms with E-state index in [1.165, 1.54) is 0 Å². The standard InChI is InChI=1S/C2H2F3NO.H4Si/c3-2(4,5)1(6)7;/h(H2,6,7);1H4. The van der Waals surface area contributed by atoms with Gasteiger partial charge >= 0.3 is 12.1 Å². The summed E-state index contributed by atoms with van der Waals surface area (Å²) >= 11 is 0. The van der Waals surface area contributed by atoms with E-state index in [2.05, 4.69) is 5.73 Å². The van der Waals surface area contributed by atoms with E-state index < -0.39 is 12.1 Å². The van der Waals surface area contributed by atoms with E-state index in [1.807, 2.05) is 0 Å². The lowest BCUT2D eigenvalue weighted by Gasteiger charge is -1.95. The van der Waals surface area contributed by atoms with E-state index in [-0.39, 0.29) is 11.0 Å². The number of carbonyl (C=O) groups is 1. The molecule has 0 aromatic carbocycles. The average Bonchev–Trinajstić information content (AvgIpc) is 1.31. The van der Waals surface area contributed by atoms with E-state index in [4.69, 9.17) is 4.79 Å². The zero-order chi connectivity index (χ0) is 6.08. The molecule has 0 radical (unpaired) electrons. The van der Waals surface area contributed by atoms with Crippen LogP contribution in [0.4, 0.5) is 13.2 Å². The van der Waals surface area contributed by atoms with Crippen molar-refractivity contribution in [2.75, 3.05) is 0 Å². The Morgan fingerprint density at radius 3 is 1.50 bits per heavy atom. The molecule has 0 aromatic rings. The van der Waals surface area contributed by atoms with Gasteiger partial charge < -0.3 is 5.73 Å². The minimum absolute atomic E-state index is 0. The molecular weight excluding hydrogens is 139 g/mol. The third kappa shape index (κ3) is 3.66. The molecule has 0 bridgehead atoms. The van der Waals surface area contributed by atoms with E-state index in [9.17, 15) is 13.2 Å². The van der Waals surface area contributed by atoms with Crippen LogP contribution in [-0.2, 0) is 4.79 Å². The number of halogens is 3. The topological polar surface area (TPSA) is 43.1 Å². The van der Waals surface area contributed by atoms with Gasteiger partial charge in [-0.05, 0) is 11.0 Å². The van der Waals surface area contributed by atoms with Crippen LogP contribution in [-0.4, -0.2) is 23.0 Å². The Morgan fingerprint density at radius 2 is 1.50 bits per heavy atom. The lowest BCUT2D eigenvalue weighted by Crippen LogP contribution is -2.30. The lowest BCUT2D eigenvalue weighted by atomic mass is 10.6. The minimum atomic E-state index is -4.86. The maximum atomic E-state index is 10.7. The van der Waals surface area contributed by atoms with Gasteiger partial charge in [0.2, 0.25) is 0 Å². The van der Waals surface area contributed by atoms with Gasteiger partial charge in [-0.15, -0.1) is 0 Å². The molecular formula is C2H6F3NOSi. The number of hydrogen-bond donors (Lipinski definition) is 1. The highest BCUT2D eigenvalue weighted by Crippen LogP contribution is 2.11. The molecule has 2 nitrogen and oxygen atoms in total. The molecule has 2 N–H and O–H groups in total. The first-order valence-electron chi connectivity index (χ1n) is 1.31. The highest BCUT2D eigenvalue weighted by Gasteiger charge is 2.35. The van der Waals surface area contributed by atoms with Gasteiger partial charge in [-0.2, -0.15) is 13.2 Å². The molecule has 1 amide bonds. The predicted molar refractivity (Wildman–Crippen MR) is 26.6 cm³/mol. The summed E-state index contributed by atoms with van der Waals surface area (Å²) in [5.74, 6) is -2.26. The van der Waals surface area contributed by atoms with E-state index in [0.29, 0.717) is 0 Å². The van der Waals surface area contributed by atoms with Gasteiger partial charge in [0.05, 0.1) is 0 Å². The molecule has 0 saturated carbocycles. The zero-order valence-electron chi connectivity index (χ0n) is 3.12. The van der Waals surface area contributed by atoms with Gasteiger partial charge in [0.25, 0.3) is 0 Å². The second-order valence-corrected chi connectivity index (χ2v) is 0.862. The smallest absolute Gasteiger partial charge is 0.362 e. The molecule has 0 rings (SSSR count). The van der Waals surface area contributed by atoms with Crippen LogP contribution in [0.25, 0.3) is 0 Å². The number of alkyl halides is 3. The highest BCUT2D eigenvalue weighted by molar-refractivity contribution is 5.79. The first-order chi connectivity index (χ1) is 2.94. The molecule has 0 fully saturated rings. The van der Waals surface area contributed by atoms with Crippen molar-refractivity contribution in [1.82, 2.24) is 0 Å². The van der Waals surface area contributed by atoms with Crippen molar-refractivity contribution >= 4 is 16.9 Å². The number of rotatable bonds is 0. The molecule has 0 heterocycles. The Kier molecular flexibility index (Phi) is 3.53. The largest absolute Gasteiger partial charge is 0.470 e. The van der Waals surface area contributed by atoms with Crippen molar-refractivity contribution in [3.63, 3.8) is 0 Å². The fraction of sp³-hybridized carbons (Fsp3) is 0.500. The molecule has 8 heavy (non-hydrogen) atoms. The Morgan fingerprint density at radius 1 is 1.38 bits per heavy atom. The molecule has 0 atom stereocenters. The third-order valence-corrected chi connectivity index (χ3v) is 0.279. The van der Waals surface area contributed by atoms with E-state index in [0.717, 1.165) is 0 Å². The second kappa shape index (κ2) is 2.70. The lowest BCUT2D eigenvalue weighted by molar-refractivity contribution is -0.169. The summed E-state index contributed by atoms with van der Waals surface area (Å²) in [5.41, 5.74) is 3.81. The monoisotopic (exact) mass is 145 g/mol. The summed E-state index contributed by atoms with van der Waals surface area (Å²) in [6.45, 7) is 0. The van der Waals surface area contributed by atoms with Crippen LogP contribution in [0.5, 0.6) is 0 Å². The van der Waals surface area contributed by atoms with Crippen LogP contribution < -0.4 is 5.73 Å². The zero-order valence-corrected chi connectivity index (χ0v) is 3.12. The van der Waals surface area contributed by atoms with E-state index in [1.54, 1.807) is 0 Å². The molecule has 0 aliphatic rings. The van der Waals surface area contributed by atoms with Crippen LogP contribution in [0, 0.1) is 0 Å². The Balaban J connectivity index is 0. The highest BCUT2D eigenvalue weighted by atomic mass is 28.1. The molecule has 0 aromatic heterocycles. The second-order valence-electron chi connectivity index (χ2n) is 0.862. The van der Waals surface area contributed by atoms with Crippen LogP contribution in [0.1, 0.15) is 0 Å². The molecule has 0 spiro atoms. The molecule has 6 heteroatoms. The predicted octanol–water partition coefficient (Wildman–Crippen LogP) is -1.42. The average molecular weight is 145 g/mol.